The standard InChI is InChI=1S/Cr.Cu.Mg.Zr. The molecule has 0 aromatic carbocycles. The van der Waals surface area contributed by atoms with Gasteiger partial charge in [0.1, 0.15) is 0 Å². The van der Waals surface area contributed by atoms with E-state index in [9.17, 15) is 0 Å². The quantitative estimate of drug-likeness (QED) is 0.498. The first-order valence-electron chi connectivity index (χ1n) is 0. The van der Waals surface area contributed by atoms with Crippen molar-refractivity contribution in [2.45, 2.75) is 0 Å². The van der Waals surface area contributed by atoms with Crippen LogP contribution in [0.3, 0.4) is 0 Å². The minimum Gasteiger partial charge on any atom is 0 e. The summed E-state index contributed by atoms with van der Waals surface area (Å²) in [6, 6.07) is 0. The van der Waals surface area contributed by atoms with Crippen LogP contribution in [0.1, 0.15) is 0 Å². The first-order valence-corrected chi connectivity index (χ1v) is 0. The van der Waals surface area contributed by atoms with Crippen LogP contribution in [0.15, 0.2) is 0 Å². The van der Waals surface area contributed by atoms with Crippen LogP contribution in [0.4, 0.5) is 0 Å². The van der Waals surface area contributed by atoms with Crippen LogP contribution < -0.4 is 0 Å². The van der Waals surface area contributed by atoms with Gasteiger partial charge in [0, 0.05) is 83.7 Å². The van der Waals surface area contributed by atoms with Gasteiger partial charge in [0.25, 0.3) is 0 Å². The van der Waals surface area contributed by atoms with Crippen molar-refractivity contribution in [3.8, 4) is 0 Å². The summed E-state index contributed by atoms with van der Waals surface area (Å²) in [6.07, 6.45) is 0. The molecule has 0 saturated heterocycles. The zero-order chi connectivity index (χ0) is 0. The van der Waals surface area contributed by atoms with E-state index < -0.39 is 0 Å². The average molecular weight is 231 g/mol. The van der Waals surface area contributed by atoms with Gasteiger partial charge >= 0.3 is 0 Å². The van der Waals surface area contributed by atoms with E-state index >= 15 is 0 Å². The van der Waals surface area contributed by atoms with Gasteiger partial charge in [-0.25, -0.2) is 0 Å². The third-order valence-electron chi connectivity index (χ3n) is 0. The minimum absolute atomic E-state index is 0. The zero-order valence-corrected chi connectivity index (χ0v) is 8.01. The second-order valence-corrected chi connectivity index (χ2v) is 0. The Balaban J connectivity index is 0. The molecule has 0 bridgehead atoms. The normalized spacial score (nSPS) is 0. The molecule has 0 aliphatic rings. The maximum atomic E-state index is 0. The van der Waals surface area contributed by atoms with Gasteiger partial charge in [-0.15, -0.1) is 0 Å². The molecule has 4 heavy (non-hydrogen) atoms. The first kappa shape index (κ1) is 29.9. The summed E-state index contributed by atoms with van der Waals surface area (Å²) in [5.74, 6) is 0. The molecule has 0 aromatic rings. The topological polar surface area (TPSA) is 0 Å². The summed E-state index contributed by atoms with van der Waals surface area (Å²) < 4.78 is 0. The van der Waals surface area contributed by atoms with E-state index in [1.807, 2.05) is 0 Å². The van der Waals surface area contributed by atoms with Crippen LogP contribution in [0.25, 0.3) is 0 Å². The summed E-state index contributed by atoms with van der Waals surface area (Å²) in [5, 5.41) is 0. The molecule has 0 unspecified atom stereocenters. The zero-order valence-electron chi connectivity index (χ0n) is 1.92. The molecule has 23 valence electrons. The van der Waals surface area contributed by atoms with Crippen molar-refractivity contribution in [1.29, 1.82) is 0 Å². The third kappa shape index (κ3) is 8.83. The maximum Gasteiger partial charge on any atom is 0 e. The van der Waals surface area contributed by atoms with E-state index in [1.165, 1.54) is 0 Å². The Morgan fingerprint density at radius 1 is 1.00 bits per heavy atom. The van der Waals surface area contributed by atoms with E-state index in [0.29, 0.717) is 0 Å². The molecule has 4 heteroatoms. The van der Waals surface area contributed by atoms with E-state index in [4.69, 9.17) is 0 Å². The Kier molecular flexibility index (Phi) is 129. The SMILES string of the molecule is [Cr].[Cu].[Mg].[Zr]. The average Bonchev–Trinajstić information content (AvgIpc) is 0. The minimum atomic E-state index is 0. The largest absolute Gasteiger partial charge is 0 e. The molecule has 0 aliphatic carbocycles. The molecule has 0 rings (SSSR count). The van der Waals surface area contributed by atoms with Crippen molar-refractivity contribution < 1.29 is 60.6 Å². The number of rotatable bonds is 0. The molecular formula is CrCuMgZr. The van der Waals surface area contributed by atoms with Crippen LogP contribution in [-0.2, 0) is 60.6 Å². The van der Waals surface area contributed by atoms with E-state index in [0.717, 1.165) is 0 Å². The molecule has 0 fully saturated rings. The van der Waals surface area contributed by atoms with Crippen LogP contribution in [-0.4, -0.2) is 23.1 Å². The van der Waals surface area contributed by atoms with Crippen LogP contribution in [0.2, 0.25) is 0 Å². The van der Waals surface area contributed by atoms with Crippen molar-refractivity contribution in [3.63, 3.8) is 0 Å². The van der Waals surface area contributed by atoms with Crippen molar-refractivity contribution in [3.05, 3.63) is 0 Å². The molecule has 0 N–H and O–H groups in total. The van der Waals surface area contributed by atoms with Crippen molar-refractivity contribution in [2.24, 2.45) is 0 Å². The Bertz CT molecular complexity index is 8.00. The van der Waals surface area contributed by atoms with Crippen molar-refractivity contribution in [2.75, 3.05) is 0 Å². The number of hydrogen-bond acceptors (Lipinski definition) is 0. The van der Waals surface area contributed by atoms with Crippen molar-refractivity contribution in [1.82, 2.24) is 0 Å². The second kappa shape index (κ2) is 17.3. The molecular weight excluding hydrogens is 231 g/mol. The third-order valence-corrected chi connectivity index (χ3v) is 0. The molecule has 0 aliphatic heterocycles. The van der Waals surface area contributed by atoms with Gasteiger partial charge in [-0.1, -0.05) is 0 Å². The summed E-state index contributed by atoms with van der Waals surface area (Å²) in [4.78, 5) is 0. The fraction of sp³-hybridized carbons (Fsp3) is 0. The molecule has 0 nitrogen and oxygen atoms in total. The molecule has 0 saturated carbocycles. The Hall–Kier alpha value is 2.70. The molecule has 3 radical (unpaired) electrons. The van der Waals surface area contributed by atoms with Crippen molar-refractivity contribution >= 4 is 23.1 Å². The van der Waals surface area contributed by atoms with Crippen LogP contribution in [0, 0.1) is 0 Å². The van der Waals surface area contributed by atoms with Gasteiger partial charge in [-0.05, 0) is 0 Å². The van der Waals surface area contributed by atoms with Gasteiger partial charge in [-0.3, -0.25) is 0 Å². The Labute approximate surface area is 82.4 Å². The van der Waals surface area contributed by atoms with Crippen LogP contribution >= 0.6 is 0 Å². The van der Waals surface area contributed by atoms with Gasteiger partial charge < -0.3 is 0 Å². The predicted molar refractivity (Wildman–Crippen MR) is 5.75 cm³/mol. The second-order valence-electron chi connectivity index (χ2n) is 0. The summed E-state index contributed by atoms with van der Waals surface area (Å²) in [7, 11) is 0. The van der Waals surface area contributed by atoms with E-state index in [1.54, 1.807) is 0 Å². The molecule has 0 aromatic heterocycles. The Morgan fingerprint density at radius 2 is 1.00 bits per heavy atom. The van der Waals surface area contributed by atoms with Crippen LogP contribution in [0.5, 0.6) is 0 Å². The maximum absolute atomic E-state index is 0. The summed E-state index contributed by atoms with van der Waals surface area (Å²) in [5.41, 5.74) is 0. The number of hydrogen-bond donors (Lipinski definition) is 0. The van der Waals surface area contributed by atoms with Gasteiger partial charge in [0.2, 0.25) is 0 Å². The first-order chi connectivity index (χ1) is 0. The van der Waals surface area contributed by atoms with E-state index in [2.05, 4.69) is 0 Å². The molecule has 0 amide bonds. The Morgan fingerprint density at radius 3 is 1.00 bits per heavy atom. The summed E-state index contributed by atoms with van der Waals surface area (Å²) in [6.45, 7) is 0. The summed E-state index contributed by atoms with van der Waals surface area (Å²) >= 11 is 0. The van der Waals surface area contributed by atoms with E-state index in [-0.39, 0.29) is 83.7 Å². The molecule has 0 atom stereocenters. The molecule has 0 spiro atoms. The van der Waals surface area contributed by atoms with Gasteiger partial charge in [0.15, 0.2) is 0 Å². The van der Waals surface area contributed by atoms with Gasteiger partial charge in [0.05, 0.1) is 0 Å². The fourth-order valence-corrected chi connectivity index (χ4v) is 0. The monoisotopic (exact) mass is 229 g/mol. The molecule has 0 heterocycles. The predicted octanol–water partition coefficient (Wildman–Crippen LogP) is -0.388. The smallest absolute Gasteiger partial charge is 0 e. The van der Waals surface area contributed by atoms with Gasteiger partial charge in [-0.2, -0.15) is 0 Å². The fourth-order valence-electron chi connectivity index (χ4n) is 0.